The van der Waals surface area contributed by atoms with Gasteiger partial charge in [0.1, 0.15) is 5.75 Å². The average molecular weight is 395 g/mol. The van der Waals surface area contributed by atoms with Crippen molar-refractivity contribution in [3.8, 4) is 5.75 Å². The quantitative estimate of drug-likeness (QED) is 0.756. The van der Waals surface area contributed by atoms with Crippen LogP contribution in [0.25, 0.3) is 0 Å². The number of hydrogen-bond acceptors (Lipinski definition) is 5. The molecular weight excluding hydrogens is 364 g/mol. The summed E-state index contributed by atoms with van der Waals surface area (Å²) in [5.41, 5.74) is 2.91. The third-order valence-electron chi connectivity index (χ3n) is 5.69. The van der Waals surface area contributed by atoms with Gasteiger partial charge in [0.25, 0.3) is 5.91 Å². The van der Waals surface area contributed by atoms with Gasteiger partial charge in [-0.25, -0.2) is 0 Å². The van der Waals surface area contributed by atoms with E-state index in [0.29, 0.717) is 17.5 Å². The number of amides is 1. The van der Waals surface area contributed by atoms with Gasteiger partial charge in [0.05, 0.1) is 5.69 Å². The number of piperazine rings is 1. The number of carbonyl (C=O) groups is 1. The third-order valence-corrected chi connectivity index (χ3v) is 5.69. The minimum atomic E-state index is -0.153. The van der Waals surface area contributed by atoms with Crippen molar-refractivity contribution in [1.82, 2.24) is 20.5 Å². The average Bonchev–Trinajstić information content (AvgIpc) is 3.59. The third kappa shape index (κ3) is 5.14. The number of carbonyl (C=O) groups excluding carboxylic acids is 1. The Kier molecular flexibility index (Phi) is 6.11. The van der Waals surface area contributed by atoms with Crippen LogP contribution in [0.3, 0.4) is 0 Å². The Balaban J connectivity index is 1.51. The molecule has 0 radical (unpaired) electrons. The van der Waals surface area contributed by atoms with Gasteiger partial charge in [-0.3, -0.25) is 14.7 Å². The van der Waals surface area contributed by atoms with Crippen LogP contribution in [0.4, 0.5) is 0 Å². The molecule has 29 heavy (non-hydrogen) atoms. The Bertz CT molecular complexity index is 818. The van der Waals surface area contributed by atoms with Gasteiger partial charge in [-0.05, 0) is 61.6 Å². The summed E-state index contributed by atoms with van der Waals surface area (Å²) in [6.07, 6.45) is 4.41. The highest BCUT2D eigenvalue weighted by molar-refractivity contribution is 5.94. The van der Waals surface area contributed by atoms with Crippen LogP contribution in [0.2, 0.25) is 0 Å². The van der Waals surface area contributed by atoms with Gasteiger partial charge in [-0.1, -0.05) is 6.07 Å². The molecule has 0 spiro atoms. The number of benzene rings is 1. The second-order valence-electron chi connectivity index (χ2n) is 8.12. The molecular formula is C23H30N4O2. The molecule has 1 saturated heterocycles. The van der Waals surface area contributed by atoms with Crippen LogP contribution in [0.15, 0.2) is 42.6 Å². The Morgan fingerprint density at radius 1 is 1.28 bits per heavy atom. The van der Waals surface area contributed by atoms with Crippen LogP contribution < -0.4 is 15.4 Å². The molecule has 2 heterocycles. The molecule has 154 valence electrons. The molecule has 2 aliphatic rings. The van der Waals surface area contributed by atoms with Crippen molar-refractivity contribution in [1.29, 1.82) is 0 Å². The van der Waals surface area contributed by atoms with Crippen molar-refractivity contribution in [3.63, 3.8) is 0 Å². The van der Waals surface area contributed by atoms with E-state index < -0.39 is 0 Å². The summed E-state index contributed by atoms with van der Waals surface area (Å²) in [6.45, 7) is 5.99. The van der Waals surface area contributed by atoms with E-state index in [-0.39, 0.29) is 12.0 Å². The van der Waals surface area contributed by atoms with E-state index >= 15 is 0 Å². The first kappa shape index (κ1) is 19.9. The summed E-state index contributed by atoms with van der Waals surface area (Å²) in [5, 5.41) is 6.13. The van der Waals surface area contributed by atoms with E-state index in [1.54, 1.807) is 19.2 Å². The second-order valence-corrected chi connectivity index (χ2v) is 8.12. The van der Waals surface area contributed by atoms with Gasteiger partial charge in [-0.15, -0.1) is 0 Å². The summed E-state index contributed by atoms with van der Waals surface area (Å²) >= 11 is 0. The highest BCUT2D eigenvalue weighted by atomic mass is 16.5. The van der Waals surface area contributed by atoms with Crippen LogP contribution in [0, 0.1) is 0 Å². The highest BCUT2D eigenvalue weighted by Crippen LogP contribution is 2.39. The number of nitrogens with one attached hydrogen (secondary N) is 2. The van der Waals surface area contributed by atoms with Crippen LogP contribution in [-0.4, -0.2) is 55.1 Å². The summed E-state index contributed by atoms with van der Waals surface area (Å²) in [6, 6.07) is 12.1. The van der Waals surface area contributed by atoms with Crippen LogP contribution in [0.5, 0.6) is 5.75 Å². The maximum Gasteiger partial charge on any atom is 0.251 e. The number of aromatic nitrogens is 1. The largest absolute Gasteiger partial charge is 0.483 e. The van der Waals surface area contributed by atoms with Gasteiger partial charge >= 0.3 is 0 Å². The molecule has 0 bridgehead atoms. The molecule has 1 aromatic heterocycles. The van der Waals surface area contributed by atoms with Crippen molar-refractivity contribution in [2.75, 3.05) is 33.2 Å². The molecule has 2 atom stereocenters. The van der Waals surface area contributed by atoms with Crippen LogP contribution in [0.1, 0.15) is 53.4 Å². The summed E-state index contributed by atoms with van der Waals surface area (Å²) in [4.78, 5) is 19.0. The predicted molar refractivity (Wildman–Crippen MR) is 113 cm³/mol. The normalized spacial score (nSPS) is 20.8. The number of hydrogen-bond donors (Lipinski definition) is 2. The molecule has 6 heteroatoms. The molecule has 1 aromatic carbocycles. The number of ether oxygens (including phenoxy) is 1. The number of nitrogens with zero attached hydrogens (tertiary/aromatic N) is 2. The molecule has 1 amide bonds. The summed E-state index contributed by atoms with van der Waals surface area (Å²) in [5.74, 6) is 1.35. The SMILES string of the molecule is CNC(=O)c1ccc(OC(CN2CCN[C@H](C)C2)c2ccc(C3CC3)cn2)cc1. The van der Waals surface area contributed by atoms with Crippen molar-refractivity contribution in [2.45, 2.75) is 37.8 Å². The minimum Gasteiger partial charge on any atom is -0.483 e. The van der Waals surface area contributed by atoms with Crippen molar-refractivity contribution in [3.05, 3.63) is 59.4 Å². The molecule has 6 nitrogen and oxygen atoms in total. The fourth-order valence-corrected chi connectivity index (χ4v) is 3.86. The Hall–Kier alpha value is -2.44. The van der Waals surface area contributed by atoms with E-state index in [1.807, 2.05) is 18.3 Å². The lowest BCUT2D eigenvalue weighted by atomic mass is 10.1. The lowest BCUT2D eigenvalue weighted by molar-refractivity contribution is 0.0962. The molecule has 1 saturated carbocycles. The van der Waals surface area contributed by atoms with E-state index in [0.717, 1.165) is 37.6 Å². The predicted octanol–water partition coefficient (Wildman–Crippen LogP) is 2.73. The standard InChI is InChI=1S/C23H30N4O2/c1-16-14-27(12-11-25-16)15-22(21-10-7-19(13-26-21)17-3-4-17)29-20-8-5-18(6-9-20)23(28)24-2/h5-10,13,16-17,22,25H,3-4,11-12,14-15H2,1-2H3,(H,24,28)/t16-,22?/m1/s1. The zero-order valence-electron chi connectivity index (χ0n) is 17.2. The molecule has 2 N–H and O–H groups in total. The zero-order valence-corrected chi connectivity index (χ0v) is 17.2. The minimum absolute atomic E-state index is 0.0970. The monoisotopic (exact) mass is 394 g/mol. The van der Waals surface area contributed by atoms with E-state index in [2.05, 4.69) is 34.6 Å². The van der Waals surface area contributed by atoms with Crippen LogP contribution >= 0.6 is 0 Å². The molecule has 1 aliphatic carbocycles. The molecule has 2 aromatic rings. The first-order valence-electron chi connectivity index (χ1n) is 10.5. The lowest BCUT2D eigenvalue weighted by Crippen LogP contribution is -2.50. The molecule has 1 aliphatic heterocycles. The maximum atomic E-state index is 11.8. The number of rotatable bonds is 7. The summed E-state index contributed by atoms with van der Waals surface area (Å²) in [7, 11) is 1.63. The van der Waals surface area contributed by atoms with Gasteiger partial charge in [-0.2, -0.15) is 0 Å². The fourth-order valence-electron chi connectivity index (χ4n) is 3.86. The van der Waals surface area contributed by atoms with Gasteiger partial charge in [0.15, 0.2) is 6.10 Å². The van der Waals surface area contributed by atoms with E-state index in [1.165, 1.54) is 18.4 Å². The van der Waals surface area contributed by atoms with Crippen molar-refractivity contribution < 1.29 is 9.53 Å². The van der Waals surface area contributed by atoms with Crippen LogP contribution in [-0.2, 0) is 0 Å². The van der Waals surface area contributed by atoms with Gasteiger partial charge in [0.2, 0.25) is 0 Å². The maximum absolute atomic E-state index is 11.8. The molecule has 4 rings (SSSR count). The first-order chi connectivity index (χ1) is 14.1. The lowest BCUT2D eigenvalue weighted by Gasteiger charge is -2.34. The van der Waals surface area contributed by atoms with Gasteiger partial charge < -0.3 is 15.4 Å². The Morgan fingerprint density at radius 2 is 2.07 bits per heavy atom. The highest BCUT2D eigenvalue weighted by Gasteiger charge is 2.26. The van der Waals surface area contributed by atoms with Crippen molar-refractivity contribution >= 4 is 5.91 Å². The summed E-state index contributed by atoms with van der Waals surface area (Å²) < 4.78 is 6.37. The number of pyridine rings is 1. The van der Waals surface area contributed by atoms with E-state index in [4.69, 9.17) is 9.72 Å². The Labute approximate surface area is 172 Å². The Morgan fingerprint density at radius 3 is 2.69 bits per heavy atom. The molecule has 1 unspecified atom stereocenters. The topological polar surface area (TPSA) is 66.5 Å². The second kappa shape index (κ2) is 8.93. The fraction of sp³-hybridized carbons (Fsp3) is 0.478. The smallest absolute Gasteiger partial charge is 0.251 e. The zero-order chi connectivity index (χ0) is 20.2. The van der Waals surface area contributed by atoms with Gasteiger partial charge in [0, 0.05) is 51.0 Å². The van der Waals surface area contributed by atoms with E-state index in [9.17, 15) is 4.79 Å². The van der Waals surface area contributed by atoms with Crippen molar-refractivity contribution in [2.24, 2.45) is 0 Å². The molecule has 2 fully saturated rings. The first-order valence-corrected chi connectivity index (χ1v) is 10.5.